The number of morpholine rings is 1. The Morgan fingerprint density at radius 2 is 1.75 bits per heavy atom. The Kier molecular flexibility index (Phi) is 12.4. The van der Waals surface area contributed by atoms with Crippen LogP contribution < -0.4 is 16.0 Å². The summed E-state index contributed by atoms with van der Waals surface area (Å²) >= 11 is 0. The largest absolute Gasteiger partial charge is 0.379 e. The molecule has 0 saturated carbocycles. The third-order valence-corrected chi connectivity index (χ3v) is 3.75. The molecule has 0 radical (unpaired) electrons. The Balaban J connectivity index is 0.00000529. The van der Waals surface area contributed by atoms with E-state index < -0.39 is 5.41 Å². The van der Waals surface area contributed by atoms with Crippen molar-refractivity contribution in [2.75, 3.05) is 59.0 Å². The zero-order chi connectivity index (χ0) is 17.1. The molecule has 3 N–H and O–H groups in total. The van der Waals surface area contributed by atoms with E-state index in [2.05, 4.69) is 25.8 Å². The first-order valence-electron chi connectivity index (χ1n) is 8.60. The summed E-state index contributed by atoms with van der Waals surface area (Å²) in [5.74, 6) is 0.797. The van der Waals surface area contributed by atoms with E-state index >= 15 is 0 Å². The number of carbonyl (C=O) groups excluding carboxylic acids is 1. The van der Waals surface area contributed by atoms with Crippen LogP contribution in [-0.4, -0.2) is 75.8 Å². The first-order valence-corrected chi connectivity index (χ1v) is 8.60. The Labute approximate surface area is 163 Å². The van der Waals surface area contributed by atoms with Crippen molar-refractivity contribution < 1.29 is 9.53 Å². The minimum atomic E-state index is -0.511. The van der Waals surface area contributed by atoms with Crippen LogP contribution in [0.25, 0.3) is 0 Å². The molecule has 0 aromatic heterocycles. The van der Waals surface area contributed by atoms with Crippen molar-refractivity contribution in [3.8, 4) is 0 Å². The van der Waals surface area contributed by atoms with Gasteiger partial charge in [0.15, 0.2) is 5.96 Å². The molecule has 1 aliphatic rings. The fourth-order valence-corrected chi connectivity index (χ4v) is 2.25. The fraction of sp³-hybridized carbons (Fsp3) is 0.875. The van der Waals surface area contributed by atoms with Crippen molar-refractivity contribution in [3.05, 3.63) is 0 Å². The van der Waals surface area contributed by atoms with Gasteiger partial charge in [-0.2, -0.15) is 0 Å². The van der Waals surface area contributed by atoms with E-state index in [9.17, 15) is 4.79 Å². The van der Waals surface area contributed by atoms with Crippen LogP contribution in [0, 0.1) is 5.41 Å². The number of carbonyl (C=O) groups is 1. The highest BCUT2D eigenvalue weighted by molar-refractivity contribution is 14.0. The topological polar surface area (TPSA) is 78.0 Å². The molecule has 0 spiro atoms. The van der Waals surface area contributed by atoms with Crippen molar-refractivity contribution in [1.82, 2.24) is 20.9 Å². The number of guanidine groups is 1. The van der Waals surface area contributed by atoms with Gasteiger partial charge in [0.1, 0.15) is 0 Å². The number of amides is 1. The van der Waals surface area contributed by atoms with Crippen LogP contribution in [-0.2, 0) is 9.53 Å². The van der Waals surface area contributed by atoms with Crippen LogP contribution in [0.4, 0.5) is 0 Å². The van der Waals surface area contributed by atoms with Crippen molar-refractivity contribution >= 4 is 35.8 Å². The molecular formula is C16H34IN5O2. The van der Waals surface area contributed by atoms with Gasteiger partial charge in [0.25, 0.3) is 0 Å². The highest BCUT2D eigenvalue weighted by atomic mass is 127. The van der Waals surface area contributed by atoms with Crippen LogP contribution in [0.15, 0.2) is 4.99 Å². The normalized spacial score (nSPS) is 16.2. The van der Waals surface area contributed by atoms with Crippen molar-refractivity contribution in [2.45, 2.75) is 27.7 Å². The summed E-state index contributed by atoms with van der Waals surface area (Å²) in [7, 11) is 0. The van der Waals surface area contributed by atoms with Gasteiger partial charge in [-0.05, 0) is 27.7 Å². The molecule has 1 rings (SSSR count). The summed E-state index contributed by atoms with van der Waals surface area (Å²) in [6.07, 6.45) is 0. The zero-order valence-electron chi connectivity index (χ0n) is 15.5. The smallest absolute Gasteiger partial charge is 0.227 e. The Bertz CT molecular complexity index is 385. The van der Waals surface area contributed by atoms with E-state index in [4.69, 9.17) is 4.74 Å². The summed E-state index contributed by atoms with van der Waals surface area (Å²) in [5.41, 5.74) is -0.511. The lowest BCUT2D eigenvalue weighted by molar-refractivity contribution is -0.128. The van der Waals surface area contributed by atoms with Gasteiger partial charge in [-0.15, -0.1) is 24.0 Å². The molecule has 1 fully saturated rings. The standard InChI is InChI=1S/C16H33N5O2.HI/c1-5-17-14(22)16(3,4)13-20-15(18-6-2)19-7-8-21-9-11-23-12-10-21;/h5-13H2,1-4H3,(H,17,22)(H2,18,19,20);1H. The second-order valence-corrected chi connectivity index (χ2v) is 6.32. The molecule has 1 amide bonds. The summed E-state index contributed by atoms with van der Waals surface area (Å²) in [6.45, 7) is 15.1. The fourth-order valence-electron chi connectivity index (χ4n) is 2.25. The molecule has 7 nitrogen and oxygen atoms in total. The van der Waals surface area contributed by atoms with Gasteiger partial charge in [-0.1, -0.05) is 0 Å². The minimum Gasteiger partial charge on any atom is -0.379 e. The molecule has 142 valence electrons. The predicted octanol–water partition coefficient (Wildman–Crippen LogP) is 0.654. The maximum atomic E-state index is 12.0. The Morgan fingerprint density at radius 1 is 1.12 bits per heavy atom. The minimum absolute atomic E-state index is 0. The number of ether oxygens (including phenoxy) is 1. The lowest BCUT2D eigenvalue weighted by Gasteiger charge is -2.27. The van der Waals surface area contributed by atoms with E-state index in [1.807, 2.05) is 27.7 Å². The number of halogens is 1. The monoisotopic (exact) mass is 455 g/mol. The maximum Gasteiger partial charge on any atom is 0.227 e. The van der Waals surface area contributed by atoms with Crippen LogP contribution in [0.2, 0.25) is 0 Å². The molecule has 0 bridgehead atoms. The van der Waals surface area contributed by atoms with Crippen LogP contribution in [0.1, 0.15) is 27.7 Å². The lowest BCUT2D eigenvalue weighted by Crippen LogP contribution is -2.45. The highest BCUT2D eigenvalue weighted by Gasteiger charge is 2.26. The molecule has 24 heavy (non-hydrogen) atoms. The third-order valence-electron chi connectivity index (χ3n) is 3.75. The second kappa shape index (κ2) is 12.7. The van der Waals surface area contributed by atoms with E-state index in [1.165, 1.54) is 0 Å². The molecule has 1 aliphatic heterocycles. The number of hydrogen-bond acceptors (Lipinski definition) is 4. The molecule has 0 aliphatic carbocycles. The van der Waals surface area contributed by atoms with Gasteiger partial charge < -0.3 is 20.7 Å². The number of nitrogens with one attached hydrogen (secondary N) is 3. The van der Waals surface area contributed by atoms with Gasteiger partial charge in [0.2, 0.25) is 5.91 Å². The van der Waals surface area contributed by atoms with Gasteiger partial charge in [0.05, 0.1) is 25.2 Å². The van der Waals surface area contributed by atoms with Gasteiger partial charge in [-0.25, -0.2) is 0 Å². The molecular weight excluding hydrogens is 421 g/mol. The van der Waals surface area contributed by atoms with Gasteiger partial charge >= 0.3 is 0 Å². The molecule has 8 heteroatoms. The molecule has 0 aromatic carbocycles. The number of rotatable bonds is 8. The molecule has 0 unspecified atom stereocenters. The average molecular weight is 455 g/mol. The average Bonchev–Trinajstić information content (AvgIpc) is 2.54. The lowest BCUT2D eigenvalue weighted by atomic mass is 9.92. The van der Waals surface area contributed by atoms with E-state index in [0.717, 1.165) is 51.9 Å². The zero-order valence-corrected chi connectivity index (χ0v) is 17.8. The quantitative estimate of drug-likeness (QED) is 0.285. The summed E-state index contributed by atoms with van der Waals surface area (Å²) in [4.78, 5) is 19.0. The van der Waals surface area contributed by atoms with Crippen molar-refractivity contribution in [2.24, 2.45) is 10.4 Å². The summed E-state index contributed by atoms with van der Waals surface area (Å²) in [6, 6.07) is 0. The molecule has 1 saturated heterocycles. The van der Waals surface area contributed by atoms with Crippen molar-refractivity contribution in [3.63, 3.8) is 0 Å². The Hall–Kier alpha value is -0.610. The van der Waals surface area contributed by atoms with Gasteiger partial charge in [0, 0.05) is 39.3 Å². The van der Waals surface area contributed by atoms with E-state index in [1.54, 1.807) is 0 Å². The summed E-state index contributed by atoms with van der Waals surface area (Å²) < 4.78 is 5.35. The van der Waals surface area contributed by atoms with Gasteiger partial charge in [-0.3, -0.25) is 14.7 Å². The summed E-state index contributed by atoms with van der Waals surface area (Å²) in [5, 5.41) is 9.42. The predicted molar refractivity (Wildman–Crippen MR) is 109 cm³/mol. The Morgan fingerprint density at radius 3 is 2.33 bits per heavy atom. The van der Waals surface area contributed by atoms with Crippen molar-refractivity contribution in [1.29, 1.82) is 0 Å². The molecule has 0 aromatic rings. The first-order chi connectivity index (χ1) is 11.0. The number of nitrogens with zero attached hydrogens (tertiary/aromatic N) is 2. The highest BCUT2D eigenvalue weighted by Crippen LogP contribution is 2.15. The van der Waals surface area contributed by atoms with E-state index in [0.29, 0.717) is 13.1 Å². The molecule has 1 heterocycles. The maximum absolute atomic E-state index is 12.0. The number of aliphatic imine (C=N–C) groups is 1. The number of hydrogen-bond donors (Lipinski definition) is 3. The SMILES string of the molecule is CCNC(=O)C(C)(C)CN=C(NCC)NCCN1CCOCC1.I. The van der Waals surface area contributed by atoms with Crippen LogP contribution in [0.3, 0.4) is 0 Å². The van der Waals surface area contributed by atoms with Crippen LogP contribution >= 0.6 is 24.0 Å². The third kappa shape index (κ3) is 9.03. The van der Waals surface area contributed by atoms with E-state index in [-0.39, 0.29) is 29.9 Å². The van der Waals surface area contributed by atoms with Crippen LogP contribution in [0.5, 0.6) is 0 Å². The first kappa shape index (κ1) is 23.4. The second-order valence-electron chi connectivity index (χ2n) is 6.32. The molecule has 0 atom stereocenters.